The fraction of sp³-hybridized carbons (Fsp3) is 0.667. The maximum absolute atomic E-state index is 6.38. The monoisotopic (exact) mass is 275 g/mol. The van der Waals surface area contributed by atoms with E-state index in [4.69, 9.17) is 26.8 Å². The normalized spacial score (nSPS) is 21.4. The molecule has 0 aliphatic carbocycles. The molecule has 1 atom stereocenters. The number of hydrogen-bond donors (Lipinski definition) is 1. The number of halogens is 1. The molecule has 1 fully saturated rings. The molecule has 5 heteroatoms. The van der Waals surface area contributed by atoms with Gasteiger partial charge in [-0.25, -0.2) is 0 Å². The van der Waals surface area contributed by atoms with Crippen molar-refractivity contribution >= 4 is 22.9 Å². The van der Waals surface area contributed by atoms with Crippen LogP contribution in [-0.2, 0) is 9.47 Å². The van der Waals surface area contributed by atoms with E-state index in [0.29, 0.717) is 19.8 Å². The molecule has 96 valence electrons. The van der Waals surface area contributed by atoms with E-state index >= 15 is 0 Å². The van der Waals surface area contributed by atoms with Gasteiger partial charge in [-0.15, -0.1) is 11.3 Å². The summed E-state index contributed by atoms with van der Waals surface area (Å²) in [5.41, 5.74) is 6.08. The zero-order chi connectivity index (χ0) is 12.3. The van der Waals surface area contributed by atoms with Crippen LogP contribution in [0.1, 0.15) is 30.7 Å². The third-order valence-electron chi connectivity index (χ3n) is 3.24. The Morgan fingerprint density at radius 1 is 1.53 bits per heavy atom. The highest BCUT2D eigenvalue weighted by Crippen LogP contribution is 2.39. The van der Waals surface area contributed by atoms with E-state index < -0.39 is 0 Å². The van der Waals surface area contributed by atoms with Gasteiger partial charge in [-0.2, -0.15) is 0 Å². The fourth-order valence-electron chi connectivity index (χ4n) is 2.30. The minimum absolute atomic E-state index is 0.121. The largest absolute Gasteiger partial charge is 0.381 e. The van der Waals surface area contributed by atoms with Crippen molar-refractivity contribution in [1.29, 1.82) is 0 Å². The molecule has 1 aliphatic heterocycles. The van der Waals surface area contributed by atoms with Crippen LogP contribution in [0.25, 0.3) is 0 Å². The Balaban J connectivity index is 2.20. The van der Waals surface area contributed by atoms with Crippen molar-refractivity contribution in [2.45, 2.75) is 31.4 Å². The second-order valence-corrected chi connectivity index (χ2v) is 5.98. The van der Waals surface area contributed by atoms with Crippen LogP contribution in [0.3, 0.4) is 0 Å². The molecule has 0 amide bonds. The van der Waals surface area contributed by atoms with Gasteiger partial charge in [0.05, 0.1) is 16.0 Å². The summed E-state index contributed by atoms with van der Waals surface area (Å²) >= 11 is 7.50. The summed E-state index contributed by atoms with van der Waals surface area (Å²) in [5.74, 6) is 0. The Labute approximate surface area is 111 Å². The van der Waals surface area contributed by atoms with Crippen molar-refractivity contribution in [3.05, 3.63) is 21.3 Å². The van der Waals surface area contributed by atoms with Crippen LogP contribution in [0.4, 0.5) is 0 Å². The van der Waals surface area contributed by atoms with Crippen LogP contribution in [0.15, 0.2) is 12.1 Å². The van der Waals surface area contributed by atoms with E-state index in [1.807, 2.05) is 19.1 Å². The van der Waals surface area contributed by atoms with Gasteiger partial charge in [0.2, 0.25) is 0 Å². The molecule has 0 saturated carbocycles. The SMILES string of the molecule is CCOC1(C(N)c2ccc(Cl)s2)CCOCC1. The van der Waals surface area contributed by atoms with Crippen LogP contribution in [0.2, 0.25) is 4.34 Å². The highest BCUT2D eigenvalue weighted by Gasteiger charge is 2.40. The lowest BCUT2D eigenvalue weighted by Crippen LogP contribution is -2.47. The van der Waals surface area contributed by atoms with Crippen molar-refractivity contribution in [2.24, 2.45) is 5.73 Å². The lowest BCUT2D eigenvalue weighted by Gasteiger charge is -2.41. The maximum Gasteiger partial charge on any atom is 0.0931 e. The Kier molecular flexibility index (Phi) is 4.44. The van der Waals surface area contributed by atoms with Crippen LogP contribution in [0.5, 0.6) is 0 Å². The molecule has 0 radical (unpaired) electrons. The van der Waals surface area contributed by atoms with Crippen LogP contribution in [0, 0.1) is 0 Å². The van der Waals surface area contributed by atoms with Gasteiger partial charge in [-0.05, 0) is 19.1 Å². The van der Waals surface area contributed by atoms with Gasteiger partial charge in [0.15, 0.2) is 0 Å². The third kappa shape index (κ3) is 2.83. The first-order valence-corrected chi connectivity index (χ1v) is 7.10. The van der Waals surface area contributed by atoms with Gasteiger partial charge in [-0.3, -0.25) is 0 Å². The number of ether oxygens (including phenoxy) is 2. The van der Waals surface area contributed by atoms with Crippen molar-refractivity contribution in [1.82, 2.24) is 0 Å². The molecule has 1 aliphatic rings. The van der Waals surface area contributed by atoms with Crippen molar-refractivity contribution in [3.63, 3.8) is 0 Å². The zero-order valence-corrected chi connectivity index (χ0v) is 11.5. The van der Waals surface area contributed by atoms with Crippen LogP contribution < -0.4 is 5.73 Å². The van der Waals surface area contributed by atoms with Crippen molar-refractivity contribution in [2.75, 3.05) is 19.8 Å². The highest BCUT2D eigenvalue weighted by molar-refractivity contribution is 7.16. The van der Waals surface area contributed by atoms with Crippen LogP contribution >= 0.6 is 22.9 Å². The smallest absolute Gasteiger partial charge is 0.0931 e. The zero-order valence-electron chi connectivity index (χ0n) is 9.95. The fourth-order valence-corrected chi connectivity index (χ4v) is 3.47. The average Bonchev–Trinajstić information content (AvgIpc) is 2.76. The molecule has 0 spiro atoms. The molecule has 2 N–H and O–H groups in total. The maximum atomic E-state index is 6.38. The quantitative estimate of drug-likeness (QED) is 0.919. The van der Waals surface area contributed by atoms with Crippen LogP contribution in [-0.4, -0.2) is 25.4 Å². The van der Waals surface area contributed by atoms with Gasteiger partial charge in [0, 0.05) is 37.5 Å². The van der Waals surface area contributed by atoms with Crippen molar-refractivity contribution < 1.29 is 9.47 Å². The molecule has 17 heavy (non-hydrogen) atoms. The minimum Gasteiger partial charge on any atom is -0.381 e. The first-order valence-electron chi connectivity index (χ1n) is 5.90. The topological polar surface area (TPSA) is 44.5 Å². The Morgan fingerprint density at radius 2 is 2.24 bits per heavy atom. The first kappa shape index (κ1) is 13.3. The molecular weight excluding hydrogens is 258 g/mol. The molecule has 0 aromatic carbocycles. The predicted octanol–water partition coefficient (Wildman–Crippen LogP) is 2.99. The summed E-state index contributed by atoms with van der Waals surface area (Å²) in [6, 6.07) is 3.76. The average molecular weight is 276 g/mol. The van der Waals surface area contributed by atoms with Gasteiger partial charge in [-0.1, -0.05) is 11.6 Å². The summed E-state index contributed by atoms with van der Waals surface area (Å²) in [6.45, 7) is 4.11. The van der Waals surface area contributed by atoms with E-state index in [0.717, 1.165) is 22.1 Å². The summed E-state index contributed by atoms with van der Waals surface area (Å²) in [6.07, 6.45) is 1.69. The lowest BCUT2D eigenvalue weighted by atomic mass is 9.85. The molecule has 0 bridgehead atoms. The summed E-state index contributed by atoms with van der Waals surface area (Å²) < 4.78 is 12.1. The molecular formula is C12H18ClNO2S. The van der Waals surface area contributed by atoms with Gasteiger partial charge in [0.1, 0.15) is 0 Å². The van der Waals surface area contributed by atoms with E-state index in [1.165, 1.54) is 11.3 Å². The van der Waals surface area contributed by atoms with Crippen molar-refractivity contribution in [3.8, 4) is 0 Å². The molecule has 1 aromatic rings. The number of nitrogens with two attached hydrogens (primary N) is 1. The molecule has 3 nitrogen and oxygen atoms in total. The summed E-state index contributed by atoms with van der Waals surface area (Å²) in [5, 5.41) is 0. The third-order valence-corrected chi connectivity index (χ3v) is 4.55. The Bertz CT molecular complexity index is 358. The number of thiophene rings is 1. The molecule has 1 saturated heterocycles. The van der Waals surface area contributed by atoms with E-state index in [9.17, 15) is 0 Å². The highest BCUT2D eigenvalue weighted by atomic mass is 35.5. The molecule has 1 unspecified atom stereocenters. The Morgan fingerprint density at radius 3 is 2.76 bits per heavy atom. The number of rotatable bonds is 4. The standard InChI is InChI=1S/C12H18ClNO2S/c1-2-16-12(5-7-15-8-6-12)11(14)9-3-4-10(13)17-9/h3-4,11H,2,5-8,14H2,1H3. The lowest BCUT2D eigenvalue weighted by molar-refractivity contribution is -0.121. The molecule has 2 rings (SSSR count). The van der Waals surface area contributed by atoms with Gasteiger partial charge >= 0.3 is 0 Å². The Hall–Kier alpha value is -0.130. The van der Waals surface area contributed by atoms with Gasteiger partial charge < -0.3 is 15.2 Å². The summed E-state index contributed by atoms with van der Waals surface area (Å²) in [7, 11) is 0. The first-order chi connectivity index (χ1) is 8.18. The predicted molar refractivity (Wildman–Crippen MR) is 70.7 cm³/mol. The van der Waals surface area contributed by atoms with E-state index in [1.54, 1.807) is 0 Å². The second-order valence-electron chi connectivity index (χ2n) is 4.23. The summed E-state index contributed by atoms with van der Waals surface area (Å²) in [4.78, 5) is 1.09. The second kappa shape index (κ2) is 5.67. The van der Waals surface area contributed by atoms with E-state index in [-0.39, 0.29) is 11.6 Å². The molecule has 2 heterocycles. The minimum atomic E-state index is -0.290. The molecule has 1 aromatic heterocycles. The van der Waals surface area contributed by atoms with E-state index in [2.05, 4.69) is 0 Å². The van der Waals surface area contributed by atoms with Gasteiger partial charge in [0.25, 0.3) is 0 Å². The number of hydrogen-bond acceptors (Lipinski definition) is 4.